The zero-order chi connectivity index (χ0) is 26.1. The van der Waals surface area contributed by atoms with E-state index in [1.54, 1.807) is 13.8 Å². The molecule has 0 fully saturated rings. The van der Waals surface area contributed by atoms with Crippen LogP contribution in [0.25, 0.3) is 11.4 Å². The summed E-state index contributed by atoms with van der Waals surface area (Å²) in [7, 11) is 1.95. The number of carbonyl (C=O) groups is 2. The number of amides is 2. The van der Waals surface area contributed by atoms with Crippen LogP contribution in [0.5, 0.6) is 0 Å². The highest BCUT2D eigenvalue weighted by Gasteiger charge is 2.37. The maximum atomic E-state index is 14.8. The van der Waals surface area contributed by atoms with E-state index in [0.29, 0.717) is 29.6 Å². The summed E-state index contributed by atoms with van der Waals surface area (Å²) in [6.07, 6.45) is 0.805. The molecule has 0 aliphatic carbocycles. The van der Waals surface area contributed by atoms with E-state index >= 15 is 0 Å². The third kappa shape index (κ3) is 6.20. The van der Waals surface area contributed by atoms with Gasteiger partial charge in [-0.05, 0) is 57.5 Å². The molecule has 1 aliphatic heterocycles. The Hall–Kier alpha value is -2.49. The number of hydrogen-bond acceptors (Lipinski definition) is 5. The summed E-state index contributed by atoms with van der Waals surface area (Å²) < 4.78 is 16.7. The Morgan fingerprint density at radius 3 is 2.54 bits per heavy atom. The summed E-state index contributed by atoms with van der Waals surface area (Å²) >= 11 is 6.14. The number of hydrogen-bond donors (Lipinski definition) is 3. The monoisotopic (exact) mass is 507 g/mol. The second-order valence-corrected chi connectivity index (χ2v) is 11.3. The lowest BCUT2D eigenvalue weighted by Gasteiger charge is -2.33. The summed E-state index contributed by atoms with van der Waals surface area (Å²) in [4.78, 5) is 33.3. The van der Waals surface area contributed by atoms with Crippen molar-refractivity contribution in [1.29, 1.82) is 0 Å². The highest BCUT2D eigenvalue weighted by Crippen LogP contribution is 2.30. The van der Waals surface area contributed by atoms with Crippen molar-refractivity contribution in [1.82, 2.24) is 25.1 Å². The van der Waals surface area contributed by atoms with Crippen LogP contribution in [0.1, 0.15) is 57.2 Å². The van der Waals surface area contributed by atoms with E-state index in [9.17, 15) is 19.1 Å². The van der Waals surface area contributed by atoms with E-state index in [1.807, 2.05) is 32.4 Å². The quantitative estimate of drug-likeness (QED) is 0.557. The van der Waals surface area contributed by atoms with Gasteiger partial charge in [-0.1, -0.05) is 32.4 Å². The number of benzene rings is 1. The SMILES string of the molecule is CN1CCCn2c(-c3cc(Cl)ccc3F)nc(C(=O)N[C@H](C(=O)NC(C)(C)CO)C(C)(C)C)c2C1. The van der Waals surface area contributed by atoms with Gasteiger partial charge in [-0.15, -0.1) is 0 Å². The fourth-order valence-corrected chi connectivity index (χ4v) is 4.27. The molecule has 35 heavy (non-hydrogen) atoms. The average molecular weight is 508 g/mol. The average Bonchev–Trinajstić information content (AvgIpc) is 2.98. The Bertz CT molecular complexity index is 1110. The zero-order valence-electron chi connectivity index (χ0n) is 21.2. The van der Waals surface area contributed by atoms with Crippen LogP contribution in [0.15, 0.2) is 18.2 Å². The molecule has 0 saturated carbocycles. The van der Waals surface area contributed by atoms with Gasteiger partial charge in [0, 0.05) is 18.1 Å². The van der Waals surface area contributed by atoms with Gasteiger partial charge in [0.1, 0.15) is 17.7 Å². The van der Waals surface area contributed by atoms with Gasteiger partial charge < -0.3 is 25.2 Å². The van der Waals surface area contributed by atoms with Gasteiger partial charge in [0.25, 0.3) is 5.91 Å². The maximum Gasteiger partial charge on any atom is 0.272 e. The van der Waals surface area contributed by atoms with Crippen molar-refractivity contribution in [3.63, 3.8) is 0 Å². The van der Waals surface area contributed by atoms with Gasteiger partial charge in [-0.3, -0.25) is 9.59 Å². The van der Waals surface area contributed by atoms with Crippen LogP contribution in [0.4, 0.5) is 4.39 Å². The highest BCUT2D eigenvalue weighted by molar-refractivity contribution is 6.30. The predicted molar refractivity (Wildman–Crippen MR) is 134 cm³/mol. The van der Waals surface area contributed by atoms with E-state index in [2.05, 4.69) is 20.5 Å². The molecule has 8 nitrogen and oxygen atoms in total. The Morgan fingerprint density at radius 1 is 1.23 bits per heavy atom. The van der Waals surface area contributed by atoms with Gasteiger partial charge in [0.15, 0.2) is 5.69 Å². The third-order valence-corrected chi connectivity index (χ3v) is 6.29. The molecule has 0 saturated heterocycles. The second-order valence-electron chi connectivity index (χ2n) is 10.9. The molecule has 2 heterocycles. The minimum atomic E-state index is -0.895. The smallest absolute Gasteiger partial charge is 0.272 e. The molecule has 3 rings (SSSR count). The van der Waals surface area contributed by atoms with Crippen LogP contribution in [-0.4, -0.2) is 63.2 Å². The van der Waals surface area contributed by atoms with Crippen molar-refractivity contribution in [2.75, 3.05) is 20.2 Å². The lowest BCUT2D eigenvalue weighted by atomic mass is 9.85. The van der Waals surface area contributed by atoms with Crippen LogP contribution in [0.3, 0.4) is 0 Å². The Kier molecular flexibility index (Phi) is 7.93. The summed E-state index contributed by atoms with van der Waals surface area (Å²) in [5.41, 5.74) is -0.452. The summed E-state index contributed by atoms with van der Waals surface area (Å²) in [6.45, 7) is 10.5. The molecule has 10 heteroatoms. The molecule has 2 aromatic rings. The van der Waals surface area contributed by atoms with E-state index in [1.165, 1.54) is 18.2 Å². The number of nitrogens with one attached hydrogen (secondary N) is 2. The summed E-state index contributed by atoms with van der Waals surface area (Å²) in [6, 6.07) is 3.36. The number of aliphatic hydroxyl groups excluding tert-OH is 1. The first kappa shape index (κ1) is 27.1. The first-order valence-corrected chi connectivity index (χ1v) is 12.1. The number of halogens is 2. The van der Waals surface area contributed by atoms with Crippen molar-refractivity contribution < 1.29 is 19.1 Å². The Morgan fingerprint density at radius 2 is 1.91 bits per heavy atom. The van der Waals surface area contributed by atoms with Gasteiger partial charge >= 0.3 is 0 Å². The zero-order valence-corrected chi connectivity index (χ0v) is 22.0. The molecule has 1 aromatic heterocycles. The minimum absolute atomic E-state index is 0.150. The maximum absolute atomic E-state index is 14.8. The van der Waals surface area contributed by atoms with Gasteiger partial charge in [-0.25, -0.2) is 9.37 Å². The van der Waals surface area contributed by atoms with Crippen LogP contribution < -0.4 is 10.6 Å². The molecule has 1 atom stereocenters. The number of aliphatic hydroxyl groups is 1. The lowest BCUT2D eigenvalue weighted by molar-refractivity contribution is -0.127. The molecule has 1 aliphatic rings. The van der Waals surface area contributed by atoms with Crippen LogP contribution >= 0.6 is 11.6 Å². The van der Waals surface area contributed by atoms with E-state index in [4.69, 9.17) is 11.6 Å². The third-order valence-electron chi connectivity index (χ3n) is 6.06. The predicted octanol–water partition coefficient (Wildman–Crippen LogP) is 3.21. The molecule has 1 aromatic carbocycles. The largest absolute Gasteiger partial charge is 0.394 e. The first-order valence-electron chi connectivity index (χ1n) is 11.7. The standard InChI is InChI=1S/C25H35ClFN5O3/c1-24(2,3)20(23(35)30-25(4,5)14-33)29-22(34)19-18-13-31(6)10-7-11-32(18)21(28-19)16-12-15(26)8-9-17(16)27/h8-9,12,20,33H,7,10-11,13-14H2,1-6H3,(H,29,34)(H,30,35)/t20-/m1/s1. The number of rotatable bonds is 6. The van der Waals surface area contributed by atoms with Crippen molar-refractivity contribution in [3.8, 4) is 11.4 Å². The number of aromatic nitrogens is 2. The number of nitrogens with zero attached hydrogens (tertiary/aromatic N) is 3. The van der Waals surface area contributed by atoms with Crippen molar-refractivity contribution in [2.45, 2.75) is 65.7 Å². The van der Waals surface area contributed by atoms with E-state index in [-0.39, 0.29) is 17.9 Å². The minimum Gasteiger partial charge on any atom is -0.394 e. The van der Waals surface area contributed by atoms with E-state index in [0.717, 1.165) is 13.0 Å². The number of carbonyl (C=O) groups excluding carboxylic acids is 2. The first-order chi connectivity index (χ1) is 16.2. The topological polar surface area (TPSA) is 99.5 Å². The lowest BCUT2D eigenvalue weighted by Crippen LogP contribution is -2.58. The molecule has 0 unspecified atom stereocenters. The molecule has 2 amide bonds. The van der Waals surface area contributed by atoms with Crippen LogP contribution in [0, 0.1) is 11.2 Å². The van der Waals surface area contributed by atoms with Crippen LogP contribution in [-0.2, 0) is 17.9 Å². The fourth-order valence-electron chi connectivity index (χ4n) is 4.10. The molecule has 192 valence electrons. The molecular formula is C25H35ClFN5O3. The normalized spacial score (nSPS) is 15.8. The second kappa shape index (κ2) is 10.2. The molecule has 0 bridgehead atoms. The van der Waals surface area contributed by atoms with Gasteiger partial charge in [-0.2, -0.15) is 0 Å². The molecule has 3 N–H and O–H groups in total. The fraction of sp³-hybridized carbons (Fsp3) is 0.560. The van der Waals surface area contributed by atoms with Crippen molar-refractivity contribution in [3.05, 3.63) is 40.4 Å². The Balaban J connectivity index is 2.04. The van der Waals surface area contributed by atoms with Crippen molar-refractivity contribution >= 4 is 23.4 Å². The Labute approximate surface area is 210 Å². The number of fused-ring (bicyclic) bond motifs is 1. The summed E-state index contributed by atoms with van der Waals surface area (Å²) in [5.74, 6) is -1.08. The van der Waals surface area contributed by atoms with Gasteiger partial charge in [0.05, 0.1) is 23.4 Å². The van der Waals surface area contributed by atoms with Gasteiger partial charge in [0.2, 0.25) is 5.91 Å². The van der Waals surface area contributed by atoms with E-state index < -0.39 is 34.6 Å². The molecule has 0 radical (unpaired) electrons. The molecular weight excluding hydrogens is 473 g/mol. The van der Waals surface area contributed by atoms with Crippen molar-refractivity contribution in [2.24, 2.45) is 5.41 Å². The molecule has 0 spiro atoms. The summed E-state index contributed by atoms with van der Waals surface area (Å²) in [5, 5.41) is 15.6. The highest BCUT2D eigenvalue weighted by atomic mass is 35.5. The number of imidazole rings is 1. The van der Waals surface area contributed by atoms with Crippen LogP contribution in [0.2, 0.25) is 5.02 Å².